The van der Waals surface area contributed by atoms with Gasteiger partial charge in [-0.15, -0.1) is 0 Å². The monoisotopic (exact) mass is 706 g/mol. The van der Waals surface area contributed by atoms with Crippen LogP contribution in [-0.4, -0.2) is 90.5 Å². The van der Waals surface area contributed by atoms with Crippen LogP contribution in [0.3, 0.4) is 0 Å². The topological polar surface area (TPSA) is 123 Å². The van der Waals surface area contributed by atoms with E-state index in [1.807, 2.05) is 72.8 Å². The van der Waals surface area contributed by atoms with Gasteiger partial charge in [-0.2, -0.15) is 0 Å². The minimum absolute atomic E-state index is 0.0113. The highest BCUT2D eigenvalue weighted by molar-refractivity contribution is 5.97. The number of carbonyl (C=O) groups is 4. The Kier molecular flexibility index (Phi) is 10.8. The van der Waals surface area contributed by atoms with Crippen LogP contribution in [-0.2, 0) is 38.6 Å². The van der Waals surface area contributed by atoms with Gasteiger partial charge in [-0.25, -0.2) is 0 Å². The first kappa shape index (κ1) is 35.5. The van der Waals surface area contributed by atoms with Crippen LogP contribution in [0.15, 0.2) is 78.9 Å². The summed E-state index contributed by atoms with van der Waals surface area (Å²) in [5.74, 6) is 0.0885. The van der Waals surface area contributed by atoms with E-state index in [0.29, 0.717) is 57.7 Å². The molecule has 2 atom stereocenters. The Morgan fingerprint density at radius 1 is 0.923 bits per heavy atom. The summed E-state index contributed by atoms with van der Waals surface area (Å²) in [4.78, 5) is 61.3. The number of amides is 4. The molecule has 3 aliphatic heterocycles. The molecular formula is C41H50N6O5. The van der Waals surface area contributed by atoms with Crippen LogP contribution in [0.4, 0.5) is 5.69 Å². The summed E-state index contributed by atoms with van der Waals surface area (Å²) in [5, 5.41) is 9.62. The summed E-state index contributed by atoms with van der Waals surface area (Å²) in [7, 11) is 1.60. The maximum atomic E-state index is 14.4. The Bertz CT molecular complexity index is 1750. The van der Waals surface area contributed by atoms with Gasteiger partial charge in [0.05, 0.1) is 19.8 Å². The largest absolute Gasteiger partial charge is 0.497 e. The van der Waals surface area contributed by atoms with Gasteiger partial charge in [-0.05, 0) is 73.1 Å². The number of methoxy groups -OCH3 is 1. The smallest absolute Gasteiger partial charge is 0.250 e. The Labute approximate surface area is 306 Å². The molecule has 1 aliphatic carbocycles. The van der Waals surface area contributed by atoms with E-state index in [0.717, 1.165) is 42.5 Å². The molecule has 4 amide bonds. The van der Waals surface area contributed by atoms with E-state index in [2.05, 4.69) is 26.9 Å². The van der Waals surface area contributed by atoms with Crippen LogP contribution >= 0.6 is 0 Å². The van der Waals surface area contributed by atoms with Crippen molar-refractivity contribution in [3.63, 3.8) is 0 Å². The van der Waals surface area contributed by atoms with Gasteiger partial charge in [0.1, 0.15) is 23.9 Å². The number of para-hydroxylation sites is 1. The van der Waals surface area contributed by atoms with Crippen molar-refractivity contribution >= 4 is 29.3 Å². The second-order valence-electron chi connectivity index (χ2n) is 14.7. The van der Waals surface area contributed by atoms with Gasteiger partial charge < -0.3 is 35.4 Å². The molecule has 4 aliphatic rings. The van der Waals surface area contributed by atoms with E-state index in [1.54, 1.807) is 16.9 Å². The van der Waals surface area contributed by atoms with Crippen molar-refractivity contribution in [2.45, 2.75) is 88.0 Å². The number of hydrogen-bond donors (Lipinski definition) is 3. The Morgan fingerprint density at radius 3 is 2.40 bits per heavy atom. The lowest BCUT2D eigenvalue weighted by Gasteiger charge is -2.44. The third-order valence-corrected chi connectivity index (χ3v) is 11.4. The molecule has 1 spiro atoms. The minimum Gasteiger partial charge on any atom is -0.497 e. The van der Waals surface area contributed by atoms with E-state index < -0.39 is 17.6 Å². The number of fused-ring (bicyclic) bond motifs is 1. The molecule has 11 heteroatoms. The van der Waals surface area contributed by atoms with Crippen molar-refractivity contribution in [1.29, 1.82) is 0 Å². The lowest BCUT2D eigenvalue weighted by Crippen LogP contribution is -2.60. The standard InChI is InChI=1S/C41H50N6O5/c1-52-34-18-10-11-29(23-34)24-36(44-38(49)35-25-30-12-8-9-13-31(30)26-42-35)39(50)45-21-19-41(20-22-45)40(51)46(28-47(41)33-16-6-3-7-17-33)27-37(48)43-32-14-4-2-5-15-32/h3,6-13,16-18,23,32,35-36,42H,2,4-5,14-15,19-22,24-28H2,1H3,(H,43,48)(H,44,49)/t35-,36-/m1/s1. The number of hydrogen-bond acceptors (Lipinski definition) is 7. The van der Waals surface area contributed by atoms with Crippen LogP contribution in [0.5, 0.6) is 5.75 Å². The number of carbonyl (C=O) groups excluding carboxylic acids is 4. The zero-order chi connectivity index (χ0) is 36.1. The molecule has 3 aromatic carbocycles. The molecule has 3 fully saturated rings. The summed E-state index contributed by atoms with van der Waals surface area (Å²) in [6.45, 7) is 1.59. The van der Waals surface area contributed by atoms with E-state index >= 15 is 0 Å². The van der Waals surface area contributed by atoms with Crippen molar-refractivity contribution in [3.05, 3.63) is 95.6 Å². The lowest BCUT2D eigenvalue weighted by atomic mass is 9.85. The molecule has 7 rings (SSSR count). The molecule has 0 aromatic heterocycles. The average molecular weight is 707 g/mol. The summed E-state index contributed by atoms with van der Waals surface area (Å²) < 4.78 is 5.45. The Balaban J connectivity index is 1.07. The van der Waals surface area contributed by atoms with E-state index in [9.17, 15) is 19.2 Å². The Hall–Kier alpha value is -4.90. The SMILES string of the molecule is COc1cccc(C[C@@H](NC(=O)[C@H]2Cc3ccccc3CN2)C(=O)N2CCC3(CC2)C(=O)N(CC(=O)NC2CCCCC2)CN3c2ccccc2)c1. The number of piperidine rings is 1. The molecule has 3 aromatic rings. The van der Waals surface area contributed by atoms with Gasteiger partial charge in [-0.3, -0.25) is 19.2 Å². The molecule has 0 bridgehead atoms. The highest BCUT2D eigenvalue weighted by Crippen LogP contribution is 2.39. The second kappa shape index (κ2) is 15.8. The van der Waals surface area contributed by atoms with Crippen LogP contribution < -0.4 is 25.6 Å². The second-order valence-corrected chi connectivity index (χ2v) is 14.7. The fourth-order valence-corrected chi connectivity index (χ4v) is 8.48. The maximum Gasteiger partial charge on any atom is 0.250 e. The number of benzene rings is 3. The third-order valence-electron chi connectivity index (χ3n) is 11.4. The molecular weight excluding hydrogens is 656 g/mol. The molecule has 3 heterocycles. The fraction of sp³-hybridized carbons (Fsp3) is 0.463. The highest BCUT2D eigenvalue weighted by Gasteiger charge is 2.54. The maximum absolute atomic E-state index is 14.4. The number of anilines is 1. The third kappa shape index (κ3) is 7.65. The summed E-state index contributed by atoms with van der Waals surface area (Å²) in [6, 6.07) is 24.4. The number of nitrogens with one attached hydrogen (secondary N) is 3. The van der Waals surface area contributed by atoms with Crippen LogP contribution in [0.2, 0.25) is 0 Å². The van der Waals surface area contributed by atoms with Gasteiger partial charge in [0.2, 0.25) is 17.7 Å². The molecule has 0 radical (unpaired) electrons. The quantitative estimate of drug-likeness (QED) is 0.295. The zero-order valence-electron chi connectivity index (χ0n) is 30.0. The first-order valence-electron chi connectivity index (χ1n) is 18.8. The molecule has 2 saturated heterocycles. The highest BCUT2D eigenvalue weighted by atomic mass is 16.5. The van der Waals surface area contributed by atoms with Crippen molar-refractivity contribution in [3.8, 4) is 5.75 Å². The van der Waals surface area contributed by atoms with Crippen molar-refractivity contribution in [1.82, 2.24) is 25.8 Å². The van der Waals surface area contributed by atoms with Gasteiger partial charge >= 0.3 is 0 Å². The first-order valence-corrected chi connectivity index (χ1v) is 18.8. The summed E-state index contributed by atoms with van der Waals surface area (Å²) in [5.41, 5.74) is 3.21. The van der Waals surface area contributed by atoms with Crippen LogP contribution in [0.1, 0.15) is 61.6 Å². The molecule has 11 nitrogen and oxygen atoms in total. The van der Waals surface area contributed by atoms with Crippen molar-refractivity contribution < 1.29 is 23.9 Å². The number of rotatable bonds is 10. The predicted octanol–water partition coefficient (Wildman–Crippen LogP) is 3.55. The predicted molar refractivity (Wildman–Crippen MR) is 198 cm³/mol. The fourth-order valence-electron chi connectivity index (χ4n) is 8.48. The first-order chi connectivity index (χ1) is 25.3. The van der Waals surface area contributed by atoms with E-state index in [1.165, 1.54) is 12.0 Å². The molecule has 52 heavy (non-hydrogen) atoms. The minimum atomic E-state index is -0.881. The average Bonchev–Trinajstić information content (AvgIpc) is 3.44. The van der Waals surface area contributed by atoms with E-state index in [-0.39, 0.29) is 36.2 Å². The van der Waals surface area contributed by atoms with Crippen LogP contribution in [0, 0.1) is 0 Å². The van der Waals surface area contributed by atoms with Crippen molar-refractivity contribution in [2.24, 2.45) is 0 Å². The zero-order valence-corrected chi connectivity index (χ0v) is 30.0. The van der Waals surface area contributed by atoms with Crippen LogP contribution in [0.25, 0.3) is 0 Å². The van der Waals surface area contributed by atoms with Gasteiger partial charge in [-0.1, -0.05) is 73.9 Å². The number of nitrogens with zero attached hydrogens (tertiary/aromatic N) is 3. The summed E-state index contributed by atoms with van der Waals surface area (Å²) in [6.07, 6.45) is 7.05. The summed E-state index contributed by atoms with van der Waals surface area (Å²) >= 11 is 0. The molecule has 0 unspecified atom stereocenters. The van der Waals surface area contributed by atoms with Gasteiger partial charge in [0.25, 0.3) is 5.91 Å². The molecule has 3 N–H and O–H groups in total. The van der Waals surface area contributed by atoms with Crippen molar-refractivity contribution in [2.75, 3.05) is 38.3 Å². The lowest BCUT2D eigenvalue weighted by molar-refractivity contribution is -0.141. The van der Waals surface area contributed by atoms with E-state index in [4.69, 9.17) is 4.74 Å². The number of ether oxygens (including phenoxy) is 1. The van der Waals surface area contributed by atoms with Gasteiger partial charge in [0.15, 0.2) is 0 Å². The Morgan fingerprint density at radius 2 is 1.65 bits per heavy atom. The van der Waals surface area contributed by atoms with Gasteiger partial charge in [0, 0.05) is 37.8 Å². The molecule has 274 valence electrons. The molecule has 1 saturated carbocycles. The normalized spacial score (nSPS) is 20.7. The number of likely N-dealkylation sites (tertiary alicyclic amines) is 1.